The molecule has 1 atom stereocenters. The number of amides is 1. The molecule has 0 saturated carbocycles. The van der Waals surface area contributed by atoms with E-state index in [4.69, 9.17) is 9.31 Å². The molecule has 5 nitrogen and oxygen atoms in total. The van der Waals surface area contributed by atoms with E-state index in [9.17, 15) is 9.90 Å². The number of piperidine rings is 1. The topological polar surface area (TPSA) is 59.0 Å². The second-order valence-corrected chi connectivity index (χ2v) is 8.14. The highest BCUT2D eigenvalue weighted by Crippen LogP contribution is 2.36. The molecule has 25 heavy (non-hydrogen) atoms. The molecule has 0 aromatic heterocycles. The predicted octanol–water partition coefficient (Wildman–Crippen LogP) is 1.51. The molecule has 6 heteroatoms. The highest BCUT2D eigenvalue weighted by atomic mass is 16.7. The van der Waals surface area contributed by atoms with Crippen molar-refractivity contribution in [3.05, 3.63) is 29.8 Å². The molecule has 136 valence electrons. The first-order chi connectivity index (χ1) is 11.7. The van der Waals surface area contributed by atoms with Crippen LogP contribution in [0.5, 0.6) is 0 Å². The van der Waals surface area contributed by atoms with Gasteiger partial charge in [0.2, 0.25) is 5.91 Å². The van der Waals surface area contributed by atoms with Gasteiger partial charge in [-0.05, 0) is 51.6 Å². The van der Waals surface area contributed by atoms with Crippen molar-refractivity contribution < 1.29 is 19.2 Å². The van der Waals surface area contributed by atoms with Crippen LogP contribution in [0.3, 0.4) is 0 Å². The lowest BCUT2D eigenvalue weighted by Crippen LogP contribution is -2.42. The third kappa shape index (κ3) is 3.91. The molecule has 0 aliphatic carbocycles. The molecule has 2 fully saturated rings. The lowest BCUT2D eigenvalue weighted by molar-refractivity contribution is -0.133. The van der Waals surface area contributed by atoms with Crippen molar-refractivity contribution in [2.24, 2.45) is 0 Å². The molecule has 1 amide bonds. The van der Waals surface area contributed by atoms with Crippen molar-refractivity contribution >= 4 is 18.5 Å². The predicted molar refractivity (Wildman–Crippen MR) is 97.7 cm³/mol. The molecular formula is C19H28BNO4. The number of carbonyl (C=O) groups is 1. The SMILES string of the molecule is CC1(C)OB(c2ccc(CC(=O)N3CCCC(O)C3)cc2)OC1(C)C. The maximum Gasteiger partial charge on any atom is 0.494 e. The molecule has 1 N–H and O–H groups in total. The van der Waals surface area contributed by atoms with Gasteiger partial charge >= 0.3 is 7.12 Å². The summed E-state index contributed by atoms with van der Waals surface area (Å²) in [6.07, 6.45) is 1.62. The van der Waals surface area contributed by atoms with E-state index < -0.39 is 0 Å². The Balaban J connectivity index is 1.62. The molecule has 2 heterocycles. The van der Waals surface area contributed by atoms with E-state index in [1.165, 1.54) is 0 Å². The number of likely N-dealkylation sites (tertiary alicyclic amines) is 1. The van der Waals surface area contributed by atoms with E-state index in [-0.39, 0.29) is 30.3 Å². The Morgan fingerprint density at radius 2 is 1.80 bits per heavy atom. The van der Waals surface area contributed by atoms with Gasteiger partial charge in [-0.2, -0.15) is 0 Å². The number of carbonyl (C=O) groups excluding carboxylic acids is 1. The Morgan fingerprint density at radius 3 is 2.36 bits per heavy atom. The Morgan fingerprint density at radius 1 is 1.20 bits per heavy atom. The third-order valence-electron chi connectivity index (χ3n) is 5.61. The minimum absolute atomic E-state index is 0.0714. The Bertz CT molecular complexity index is 613. The van der Waals surface area contributed by atoms with E-state index in [0.29, 0.717) is 13.0 Å². The van der Waals surface area contributed by atoms with E-state index >= 15 is 0 Å². The third-order valence-corrected chi connectivity index (χ3v) is 5.61. The molecular weight excluding hydrogens is 317 g/mol. The zero-order valence-electron chi connectivity index (χ0n) is 15.6. The Labute approximate surface area is 150 Å². The maximum absolute atomic E-state index is 12.4. The van der Waals surface area contributed by atoms with Gasteiger partial charge in [0, 0.05) is 13.1 Å². The highest BCUT2D eigenvalue weighted by Gasteiger charge is 2.51. The fraction of sp³-hybridized carbons (Fsp3) is 0.632. The van der Waals surface area contributed by atoms with Crippen LogP contribution in [0.25, 0.3) is 0 Å². The number of hydrogen-bond acceptors (Lipinski definition) is 4. The van der Waals surface area contributed by atoms with E-state index in [1.807, 2.05) is 52.0 Å². The van der Waals surface area contributed by atoms with Crippen molar-refractivity contribution in [2.75, 3.05) is 13.1 Å². The first-order valence-electron chi connectivity index (χ1n) is 9.08. The van der Waals surface area contributed by atoms with Crippen LogP contribution in [0.15, 0.2) is 24.3 Å². The van der Waals surface area contributed by atoms with Crippen LogP contribution in [-0.4, -0.2) is 53.4 Å². The summed E-state index contributed by atoms with van der Waals surface area (Å²) in [5, 5.41) is 9.72. The van der Waals surface area contributed by atoms with Crippen LogP contribution in [0.4, 0.5) is 0 Å². The molecule has 1 aromatic carbocycles. The molecule has 2 aliphatic heterocycles. The number of aliphatic hydroxyl groups is 1. The van der Waals surface area contributed by atoms with Crippen molar-refractivity contribution in [3.8, 4) is 0 Å². The monoisotopic (exact) mass is 345 g/mol. The van der Waals surface area contributed by atoms with Gasteiger partial charge in [-0.25, -0.2) is 0 Å². The van der Waals surface area contributed by atoms with Crippen molar-refractivity contribution in [1.29, 1.82) is 0 Å². The number of β-amino-alcohol motifs (C(OH)–C–C–N with tert-alkyl or cyclic N) is 1. The standard InChI is InChI=1S/C19H28BNO4/c1-18(2)19(3,4)25-20(24-18)15-9-7-14(8-10-15)12-17(23)21-11-5-6-16(22)13-21/h7-10,16,22H,5-6,11-13H2,1-4H3. The van der Waals surface area contributed by atoms with Gasteiger partial charge < -0.3 is 19.3 Å². The minimum Gasteiger partial charge on any atom is -0.399 e. The fourth-order valence-corrected chi connectivity index (χ4v) is 3.24. The molecule has 0 spiro atoms. The summed E-state index contributed by atoms with van der Waals surface area (Å²) in [7, 11) is -0.382. The number of hydrogen-bond donors (Lipinski definition) is 1. The van der Waals surface area contributed by atoms with Crippen LogP contribution in [-0.2, 0) is 20.5 Å². The van der Waals surface area contributed by atoms with Gasteiger partial charge in [-0.15, -0.1) is 0 Å². The summed E-state index contributed by atoms with van der Waals surface area (Å²) in [5.74, 6) is 0.0714. The number of rotatable bonds is 3. The van der Waals surface area contributed by atoms with Gasteiger partial charge in [0.1, 0.15) is 0 Å². The first-order valence-corrected chi connectivity index (χ1v) is 9.08. The quantitative estimate of drug-likeness (QED) is 0.844. The van der Waals surface area contributed by atoms with E-state index in [1.54, 1.807) is 4.90 Å². The lowest BCUT2D eigenvalue weighted by Gasteiger charge is -2.32. The van der Waals surface area contributed by atoms with Crippen LogP contribution in [0.2, 0.25) is 0 Å². The maximum atomic E-state index is 12.4. The van der Waals surface area contributed by atoms with Gasteiger partial charge in [0.15, 0.2) is 0 Å². The Hall–Kier alpha value is -1.37. The second kappa shape index (κ2) is 6.74. The average molecular weight is 345 g/mol. The molecule has 3 rings (SSSR count). The van der Waals surface area contributed by atoms with Crippen LogP contribution >= 0.6 is 0 Å². The van der Waals surface area contributed by atoms with E-state index in [0.717, 1.165) is 30.4 Å². The fourth-order valence-electron chi connectivity index (χ4n) is 3.24. The lowest BCUT2D eigenvalue weighted by atomic mass is 9.79. The van der Waals surface area contributed by atoms with Crippen molar-refractivity contribution in [1.82, 2.24) is 4.90 Å². The number of benzene rings is 1. The normalized spacial score (nSPS) is 25.2. The van der Waals surface area contributed by atoms with Crippen LogP contribution in [0.1, 0.15) is 46.1 Å². The number of aliphatic hydroxyl groups excluding tert-OH is 1. The van der Waals surface area contributed by atoms with Crippen LogP contribution < -0.4 is 5.46 Å². The van der Waals surface area contributed by atoms with Gasteiger partial charge in [-0.1, -0.05) is 24.3 Å². The smallest absolute Gasteiger partial charge is 0.399 e. The second-order valence-electron chi connectivity index (χ2n) is 8.14. The molecule has 1 unspecified atom stereocenters. The van der Waals surface area contributed by atoms with Gasteiger partial charge in [0.05, 0.1) is 23.7 Å². The zero-order valence-corrected chi connectivity index (χ0v) is 15.6. The molecule has 1 aromatic rings. The highest BCUT2D eigenvalue weighted by molar-refractivity contribution is 6.62. The van der Waals surface area contributed by atoms with Crippen LogP contribution in [0, 0.1) is 0 Å². The zero-order chi connectivity index (χ0) is 18.2. The minimum atomic E-state index is -0.386. The molecule has 2 aliphatic rings. The first kappa shape index (κ1) is 18.4. The summed E-state index contributed by atoms with van der Waals surface area (Å²) in [5.41, 5.74) is 1.21. The Kier molecular flexibility index (Phi) is 4.97. The summed E-state index contributed by atoms with van der Waals surface area (Å²) < 4.78 is 12.1. The summed E-state index contributed by atoms with van der Waals surface area (Å²) in [4.78, 5) is 14.2. The van der Waals surface area contributed by atoms with Crippen molar-refractivity contribution in [3.63, 3.8) is 0 Å². The van der Waals surface area contributed by atoms with Crippen molar-refractivity contribution in [2.45, 2.75) is 64.3 Å². The van der Waals surface area contributed by atoms with Gasteiger partial charge in [0.25, 0.3) is 0 Å². The average Bonchev–Trinajstić information content (AvgIpc) is 2.76. The molecule has 2 saturated heterocycles. The molecule has 0 bridgehead atoms. The summed E-state index contributed by atoms with van der Waals surface area (Å²) in [6, 6.07) is 7.85. The largest absolute Gasteiger partial charge is 0.494 e. The summed E-state index contributed by atoms with van der Waals surface area (Å²) >= 11 is 0. The summed E-state index contributed by atoms with van der Waals surface area (Å²) in [6.45, 7) is 9.33. The number of nitrogens with zero attached hydrogens (tertiary/aromatic N) is 1. The van der Waals surface area contributed by atoms with E-state index in [2.05, 4.69) is 0 Å². The van der Waals surface area contributed by atoms with Gasteiger partial charge in [-0.3, -0.25) is 4.79 Å². The molecule has 0 radical (unpaired) electrons.